The second-order valence-corrected chi connectivity index (χ2v) is 5.17. The Bertz CT molecular complexity index is 331. The van der Waals surface area contributed by atoms with E-state index in [4.69, 9.17) is 21.1 Å². The van der Waals surface area contributed by atoms with Crippen molar-refractivity contribution in [3.05, 3.63) is 23.8 Å². The zero-order valence-corrected chi connectivity index (χ0v) is 11.9. The molecule has 0 unspecified atom stereocenters. The van der Waals surface area contributed by atoms with Gasteiger partial charge in [-0.25, -0.2) is 0 Å². The van der Waals surface area contributed by atoms with E-state index in [1.165, 1.54) is 0 Å². The van der Waals surface area contributed by atoms with E-state index < -0.39 is 0 Å². The molecular weight excluding hydrogens is 256 g/mol. The lowest BCUT2D eigenvalue weighted by Crippen LogP contribution is -2.01. The van der Waals surface area contributed by atoms with Crippen molar-refractivity contribution < 1.29 is 9.47 Å². The van der Waals surface area contributed by atoms with Gasteiger partial charge in [0.15, 0.2) is 0 Å². The van der Waals surface area contributed by atoms with Crippen LogP contribution in [-0.4, -0.2) is 25.2 Å². The molecule has 1 rings (SSSR count). The van der Waals surface area contributed by atoms with E-state index >= 15 is 0 Å². The third kappa shape index (κ3) is 5.09. The summed E-state index contributed by atoms with van der Waals surface area (Å²) in [5.74, 6) is 4.42. The van der Waals surface area contributed by atoms with Crippen molar-refractivity contribution in [3.8, 4) is 11.5 Å². The highest BCUT2D eigenvalue weighted by molar-refractivity contribution is 7.99. The molecule has 0 saturated carbocycles. The molecule has 0 aromatic heterocycles. The van der Waals surface area contributed by atoms with Crippen molar-refractivity contribution in [2.24, 2.45) is 0 Å². The van der Waals surface area contributed by atoms with Gasteiger partial charge in [-0.05, 0) is 36.1 Å². The fraction of sp³-hybridized carbons (Fsp3) is 0.538. The topological polar surface area (TPSA) is 18.5 Å². The van der Waals surface area contributed by atoms with Crippen molar-refractivity contribution in [1.29, 1.82) is 0 Å². The summed E-state index contributed by atoms with van der Waals surface area (Å²) in [6.07, 6.45) is 1.06. The van der Waals surface area contributed by atoms with Crippen molar-refractivity contribution >= 4 is 23.4 Å². The predicted octanol–water partition coefficient (Wildman–Crippen LogP) is 3.96. The molecule has 0 atom stereocenters. The summed E-state index contributed by atoms with van der Waals surface area (Å²) in [6.45, 7) is 2.91. The van der Waals surface area contributed by atoms with Crippen LogP contribution < -0.4 is 9.47 Å². The average molecular weight is 275 g/mol. The highest BCUT2D eigenvalue weighted by Gasteiger charge is 2.04. The SMILES string of the molecule is CCSCCCOc1ccc(OC)cc1CCl. The predicted molar refractivity (Wildman–Crippen MR) is 75.7 cm³/mol. The Morgan fingerprint density at radius 2 is 2.18 bits per heavy atom. The van der Waals surface area contributed by atoms with Crippen molar-refractivity contribution in [2.75, 3.05) is 25.2 Å². The lowest BCUT2D eigenvalue weighted by atomic mass is 10.2. The number of alkyl halides is 1. The summed E-state index contributed by atoms with van der Waals surface area (Å²) in [7, 11) is 1.65. The van der Waals surface area contributed by atoms with Gasteiger partial charge in [0.25, 0.3) is 0 Å². The molecule has 0 heterocycles. The number of ether oxygens (including phenoxy) is 2. The first-order chi connectivity index (χ1) is 8.31. The highest BCUT2D eigenvalue weighted by Crippen LogP contribution is 2.25. The molecule has 4 heteroatoms. The molecule has 0 spiro atoms. The normalized spacial score (nSPS) is 10.3. The van der Waals surface area contributed by atoms with Gasteiger partial charge in [0.2, 0.25) is 0 Å². The third-order valence-corrected chi connectivity index (χ3v) is 3.58. The average Bonchev–Trinajstić information content (AvgIpc) is 2.38. The van der Waals surface area contributed by atoms with Crippen LogP contribution in [0.15, 0.2) is 18.2 Å². The van der Waals surface area contributed by atoms with Crippen LogP contribution in [0.25, 0.3) is 0 Å². The number of halogens is 1. The third-order valence-electron chi connectivity index (χ3n) is 2.31. The Kier molecular flexibility index (Phi) is 7.29. The monoisotopic (exact) mass is 274 g/mol. The maximum absolute atomic E-state index is 5.88. The molecule has 0 bridgehead atoms. The van der Waals surface area contributed by atoms with E-state index in [1.54, 1.807) is 7.11 Å². The number of hydrogen-bond acceptors (Lipinski definition) is 3. The number of benzene rings is 1. The van der Waals surface area contributed by atoms with Crippen LogP contribution >= 0.6 is 23.4 Å². The molecule has 0 amide bonds. The van der Waals surface area contributed by atoms with Crippen molar-refractivity contribution in [3.63, 3.8) is 0 Å². The lowest BCUT2D eigenvalue weighted by Gasteiger charge is -2.11. The molecule has 96 valence electrons. The van der Waals surface area contributed by atoms with Gasteiger partial charge in [-0.3, -0.25) is 0 Å². The number of methoxy groups -OCH3 is 1. The second-order valence-electron chi connectivity index (χ2n) is 3.51. The molecule has 17 heavy (non-hydrogen) atoms. The van der Waals surface area contributed by atoms with Crippen LogP contribution in [-0.2, 0) is 5.88 Å². The Morgan fingerprint density at radius 1 is 1.35 bits per heavy atom. The largest absolute Gasteiger partial charge is 0.497 e. The molecular formula is C13H19ClO2S. The maximum atomic E-state index is 5.88. The number of thioether (sulfide) groups is 1. The first-order valence-corrected chi connectivity index (χ1v) is 7.44. The van der Waals surface area contributed by atoms with Crippen LogP contribution in [0.2, 0.25) is 0 Å². The fourth-order valence-electron chi connectivity index (χ4n) is 1.42. The Labute approximate surface area is 113 Å². The van der Waals surface area contributed by atoms with E-state index in [1.807, 2.05) is 30.0 Å². The molecule has 1 aromatic carbocycles. The molecule has 0 aliphatic heterocycles. The van der Waals surface area contributed by atoms with Crippen LogP contribution in [0.5, 0.6) is 11.5 Å². The molecule has 0 fully saturated rings. The minimum Gasteiger partial charge on any atom is -0.497 e. The van der Waals surface area contributed by atoms with Gasteiger partial charge in [0, 0.05) is 5.56 Å². The van der Waals surface area contributed by atoms with E-state index in [-0.39, 0.29) is 0 Å². The van der Waals surface area contributed by atoms with Crippen LogP contribution in [0, 0.1) is 0 Å². The minimum absolute atomic E-state index is 0.441. The van der Waals surface area contributed by atoms with E-state index in [0.717, 1.165) is 41.6 Å². The van der Waals surface area contributed by atoms with Gasteiger partial charge < -0.3 is 9.47 Å². The Morgan fingerprint density at radius 3 is 2.82 bits per heavy atom. The first kappa shape index (κ1) is 14.5. The van der Waals surface area contributed by atoms with Gasteiger partial charge in [0.1, 0.15) is 11.5 Å². The molecule has 0 N–H and O–H groups in total. The Balaban J connectivity index is 2.46. The minimum atomic E-state index is 0.441. The summed E-state index contributed by atoms with van der Waals surface area (Å²) >= 11 is 7.82. The number of hydrogen-bond donors (Lipinski definition) is 0. The zero-order valence-electron chi connectivity index (χ0n) is 10.4. The van der Waals surface area contributed by atoms with Gasteiger partial charge in [-0.1, -0.05) is 6.92 Å². The summed E-state index contributed by atoms with van der Waals surface area (Å²) in [5, 5.41) is 0. The van der Waals surface area contributed by atoms with E-state index in [0.29, 0.717) is 5.88 Å². The van der Waals surface area contributed by atoms with E-state index in [9.17, 15) is 0 Å². The quantitative estimate of drug-likeness (QED) is 0.528. The molecule has 1 aromatic rings. The lowest BCUT2D eigenvalue weighted by molar-refractivity contribution is 0.315. The number of rotatable bonds is 8. The van der Waals surface area contributed by atoms with Gasteiger partial charge in [-0.2, -0.15) is 11.8 Å². The Hall–Kier alpha value is -0.540. The van der Waals surface area contributed by atoms with Gasteiger partial charge >= 0.3 is 0 Å². The second kappa shape index (κ2) is 8.54. The summed E-state index contributed by atoms with van der Waals surface area (Å²) in [6, 6.07) is 5.73. The standard InChI is InChI=1S/C13H19ClO2S/c1-3-17-8-4-7-16-13-6-5-12(15-2)9-11(13)10-14/h5-6,9H,3-4,7-8,10H2,1-2H3. The smallest absolute Gasteiger partial charge is 0.123 e. The molecule has 0 aliphatic rings. The first-order valence-electron chi connectivity index (χ1n) is 5.75. The summed E-state index contributed by atoms with van der Waals surface area (Å²) < 4.78 is 10.9. The van der Waals surface area contributed by atoms with Gasteiger partial charge in [-0.15, -0.1) is 11.6 Å². The van der Waals surface area contributed by atoms with Crippen LogP contribution in [0.3, 0.4) is 0 Å². The summed E-state index contributed by atoms with van der Waals surface area (Å²) in [4.78, 5) is 0. The van der Waals surface area contributed by atoms with Crippen molar-refractivity contribution in [1.82, 2.24) is 0 Å². The molecule has 0 radical (unpaired) electrons. The van der Waals surface area contributed by atoms with Crippen molar-refractivity contribution in [2.45, 2.75) is 19.2 Å². The molecule has 2 nitrogen and oxygen atoms in total. The van der Waals surface area contributed by atoms with Gasteiger partial charge in [0.05, 0.1) is 19.6 Å². The fourth-order valence-corrected chi connectivity index (χ4v) is 2.23. The van der Waals surface area contributed by atoms with Crippen LogP contribution in [0.1, 0.15) is 18.9 Å². The highest BCUT2D eigenvalue weighted by atomic mass is 35.5. The zero-order chi connectivity index (χ0) is 12.5. The van der Waals surface area contributed by atoms with Crippen LogP contribution in [0.4, 0.5) is 0 Å². The molecule has 0 aliphatic carbocycles. The van der Waals surface area contributed by atoms with E-state index in [2.05, 4.69) is 6.92 Å². The summed E-state index contributed by atoms with van der Waals surface area (Å²) in [5.41, 5.74) is 0.981. The molecule has 0 saturated heterocycles. The maximum Gasteiger partial charge on any atom is 0.123 e.